The van der Waals surface area contributed by atoms with Crippen molar-refractivity contribution in [1.29, 1.82) is 0 Å². The van der Waals surface area contributed by atoms with Crippen molar-refractivity contribution in [1.82, 2.24) is 9.88 Å². The van der Waals surface area contributed by atoms with Crippen molar-refractivity contribution in [2.75, 3.05) is 7.05 Å². The van der Waals surface area contributed by atoms with Crippen molar-refractivity contribution in [2.24, 2.45) is 0 Å². The molecular formula is C26H26N2O. The molecule has 1 fully saturated rings. The first-order chi connectivity index (χ1) is 14.0. The van der Waals surface area contributed by atoms with Gasteiger partial charge in [-0.15, -0.1) is 0 Å². The molecule has 5 rings (SSSR count). The van der Waals surface area contributed by atoms with Gasteiger partial charge in [-0.25, -0.2) is 0 Å². The number of rotatable bonds is 2. The molecule has 2 atom stereocenters. The zero-order valence-corrected chi connectivity index (χ0v) is 17.1. The quantitative estimate of drug-likeness (QED) is 0.608. The van der Waals surface area contributed by atoms with Crippen LogP contribution in [0.25, 0.3) is 23.1 Å². The maximum Gasteiger partial charge on any atom is 0.222 e. The van der Waals surface area contributed by atoms with Crippen LogP contribution in [0.3, 0.4) is 0 Å². The Morgan fingerprint density at radius 1 is 1.07 bits per heavy atom. The smallest absolute Gasteiger partial charge is 0.222 e. The van der Waals surface area contributed by atoms with Gasteiger partial charge in [0.15, 0.2) is 0 Å². The largest absolute Gasteiger partial charge is 0.342 e. The second-order valence-electron chi connectivity index (χ2n) is 8.69. The number of likely N-dealkylation sites (N-methyl/N-ethyl adjacent to an activating group) is 1. The number of fused-ring (bicyclic) bond motifs is 4. The average molecular weight is 383 g/mol. The van der Waals surface area contributed by atoms with Gasteiger partial charge in [-0.1, -0.05) is 55.5 Å². The number of aryl methyl sites for hydroxylation is 1. The van der Waals surface area contributed by atoms with E-state index >= 15 is 0 Å². The minimum Gasteiger partial charge on any atom is -0.342 e. The first kappa shape index (κ1) is 18.1. The molecule has 2 aromatic carbocycles. The van der Waals surface area contributed by atoms with Gasteiger partial charge in [-0.3, -0.25) is 9.78 Å². The fraction of sp³-hybridized carbons (Fsp3) is 0.308. The molecule has 0 N–H and O–H groups in total. The Morgan fingerprint density at radius 3 is 2.79 bits per heavy atom. The van der Waals surface area contributed by atoms with Crippen LogP contribution in [-0.2, 0) is 16.6 Å². The van der Waals surface area contributed by atoms with E-state index in [1.165, 1.54) is 16.7 Å². The summed E-state index contributed by atoms with van der Waals surface area (Å²) in [6, 6.07) is 17.5. The summed E-state index contributed by atoms with van der Waals surface area (Å²) in [4.78, 5) is 18.7. The number of piperidine rings is 1. The van der Waals surface area contributed by atoms with Crippen LogP contribution in [0.2, 0.25) is 0 Å². The lowest BCUT2D eigenvalue weighted by atomic mass is 9.63. The molecule has 1 aliphatic heterocycles. The molecule has 0 radical (unpaired) electrons. The summed E-state index contributed by atoms with van der Waals surface area (Å²) in [6.07, 6.45) is 9.93. The Morgan fingerprint density at radius 2 is 1.90 bits per heavy atom. The number of amides is 1. The Labute approximate surface area is 172 Å². The number of hydrogen-bond donors (Lipinski definition) is 0. The molecule has 0 unspecified atom stereocenters. The molecule has 1 aromatic heterocycles. The van der Waals surface area contributed by atoms with Crippen molar-refractivity contribution in [3.8, 4) is 0 Å². The van der Waals surface area contributed by atoms with E-state index in [4.69, 9.17) is 0 Å². The van der Waals surface area contributed by atoms with Crippen LogP contribution in [0, 0.1) is 0 Å². The molecule has 2 aliphatic rings. The van der Waals surface area contributed by atoms with E-state index in [0.29, 0.717) is 18.4 Å². The van der Waals surface area contributed by atoms with Gasteiger partial charge in [0.05, 0.1) is 5.52 Å². The number of para-hydroxylation sites is 1. The summed E-state index contributed by atoms with van der Waals surface area (Å²) in [5.41, 5.74) is 6.29. The predicted molar refractivity (Wildman–Crippen MR) is 119 cm³/mol. The molecule has 2 heterocycles. The first-order valence-electron chi connectivity index (χ1n) is 10.5. The highest BCUT2D eigenvalue weighted by Crippen LogP contribution is 2.45. The molecular weight excluding hydrogens is 356 g/mol. The lowest BCUT2D eigenvalue weighted by molar-refractivity contribution is -0.138. The Balaban J connectivity index is 1.44. The van der Waals surface area contributed by atoms with E-state index in [0.717, 1.165) is 35.7 Å². The van der Waals surface area contributed by atoms with Gasteiger partial charge in [0.2, 0.25) is 5.91 Å². The van der Waals surface area contributed by atoms with Crippen molar-refractivity contribution in [3.05, 3.63) is 77.0 Å². The minimum absolute atomic E-state index is 0.0702. The fourth-order valence-corrected chi connectivity index (χ4v) is 5.28. The molecule has 29 heavy (non-hydrogen) atoms. The number of benzene rings is 2. The number of hydrogen-bond acceptors (Lipinski definition) is 2. The van der Waals surface area contributed by atoms with E-state index in [1.807, 2.05) is 36.3 Å². The van der Waals surface area contributed by atoms with Crippen LogP contribution in [0.4, 0.5) is 0 Å². The Hall–Kier alpha value is -2.94. The van der Waals surface area contributed by atoms with Gasteiger partial charge < -0.3 is 4.90 Å². The van der Waals surface area contributed by atoms with Crippen LogP contribution < -0.4 is 0 Å². The van der Waals surface area contributed by atoms with Gasteiger partial charge in [-0.05, 0) is 53.6 Å². The molecule has 1 amide bonds. The van der Waals surface area contributed by atoms with Gasteiger partial charge in [0.1, 0.15) is 0 Å². The van der Waals surface area contributed by atoms with E-state index in [1.54, 1.807) is 0 Å². The van der Waals surface area contributed by atoms with Crippen LogP contribution >= 0.6 is 0 Å². The zero-order valence-electron chi connectivity index (χ0n) is 17.1. The normalized spacial score (nSPS) is 24.0. The number of aromatic nitrogens is 1. The third-order valence-electron chi connectivity index (χ3n) is 6.97. The predicted octanol–water partition coefficient (Wildman–Crippen LogP) is 5.23. The van der Waals surface area contributed by atoms with Gasteiger partial charge in [0, 0.05) is 36.5 Å². The number of nitrogens with zero attached hydrogens (tertiary/aromatic N) is 2. The third kappa shape index (κ3) is 3.05. The molecule has 1 aliphatic carbocycles. The molecule has 3 aromatic rings. The minimum atomic E-state index is 0.0702. The molecule has 1 saturated heterocycles. The highest BCUT2D eigenvalue weighted by atomic mass is 16.2. The van der Waals surface area contributed by atoms with Crippen molar-refractivity contribution >= 4 is 29.0 Å². The summed E-state index contributed by atoms with van der Waals surface area (Å²) in [5.74, 6) is 0.291. The van der Waals surface area contributed by atoms with Crippen LogP contribution in [0.1, 0.15) is 48.4 Å². The molecule has 0 spiro atoms. The second kappa shape index (κ2) is 6.84. The molecule has 3 heteroatoms. The number of likely N-dealkylation sites (tertiary alicyclic amines) is 1. The van der Waals surface area contributed by atoms with E-state index < -0.39 is 0 Å². The lowest BCUT2D eigenvalue weighted by Crippen LogP contribution is -2.56. The summed E-state index contributed by atoms with van der Waals surface area (Å²) in [5, 5.41) is 1.16. The summed E-state index contributed by atoms with van der Waals surface area (Å²) >= 11 is 0. The van der Waals surface area contributed by atoms with Crippen LogP contribution in [0.15, 0.2) is 54.7 Å². The molecule has 146 valence electrons. The van der Waals surface area contributed by atoms with Gasteiger partial charge in [0.25, 0.3) is 0 Å². The number of pyridine rings is 1. The molecule has 0 saturated carbocycles. The zero-order chi connectivity index (χ0) is 20.0. The maximum absolute atomic E-state index is 12.2. The van der Waals surface area contributed by atoms with E-state index in [2.05, 4.69) is 54.4 Å². The third-order valence-corrected chi connectivity index (χ3v) is 6.97. The van der Waals surface area contributed by atoms with Gasteiger partial charge in [-0.2, -0.15) is 0 Å². The summed E-state index contributed by atoms with van der Waals surface area (Å²) in [7, 11) is 1.98. The SMILES string of the molecule is CN1C(=O)CC[C@]2(C)c3ccc(C=Cc4cnc5ccccc5c4)cc3CC[C@@H]12. The van der Waals surface area contributed by atoms with Gasteiger partial charge >= 0.3 is 0 Å². The highest BCUT2D eigenvalue weighted by molar-refractivity contribution is 5.82. The standard InChI is InChI=1S/C26H26N2O/c1-26-14-13-25(29)28(2)24(26)12-10-20-15-18(9-11-22(20)26)7-8-19-16-21-5-3-4-6-23(21)27-17-19/h3-9,11,15-17,24H,10,12-14H2,1-2H3/t24-,26-/m1/s1. The van der Waals surface area contributed by atoms with Crippen LogP contribution in [-0.4, -0.2) is 28.9 Å². The lowest BCUT2D eigenvalue weighted by Gasteiger charge is -2.50. The Bertz CT molecular complexity index is 1130. The fourth-order valence-electron chi connectivity index (χ4n) is 5.28. The Kier molecular flexibility index (Phi) is 4.27. The second-order valence-corrected chi connectivity index (χ2v) is 8.69. The van der Waals surface area contributed by atoms with E-state index in [9.17, 15) is 4.79 Å². The average Bonchev–Trinajstić information content (AvgIpc) is 2.75. The monoisotopic (exact) mass is 382 g/mol. The number of carbonyl (C=O) groups excluding carboxylic acids is 1. The van der Waals surface area contributed by atoms with E-state index in [-0.39, 0.29) is 5.41 Å². The van der Waals surface area contributed by atoms with Crippen molar-refractivity contribution in [2.45, 2.75) is 44.1 Å². The topological polar surface area (TPSA) is 33.2 Å². The van der Waals surface area contributed by atoms with Crippen molar-refractivity contribution < 1.29 is 4.79 Å². The molecule has 3 nitrogen and oxygen atoms in total. The molecule has 0 bridgehead atoms. The highest BCUT2D eigenvalue weighted by Gasteiger charge is 2.46. The summed E-state index contributed by atoms with van der Waals surface area (Å²) in [6.45, 7) is 2.34. The summed E-state index contributed by atoms with van der Waals surface area (Å²) < 4.78 is 0. The van der Waals surface area contributed by atoms with Crippen LogP contribution in [0.5, 0.6) is 0 Å². The first-order valence-corrected chi connectivity index (χ1v) is 10.5. The maximum atomic E-state index is 12.2. The number of carbonyl (C=O) groups is 1. The van der Waals surface area contributed by atoms with Crippen molar-refractivity contribution in [3.63, 3.8) is 0 Å².